The van der Waals surface area contributed by atoms with Crippen molar-refractivity contribution in [2.45, 2.75) is 6.42 Å². The SMILES string of the molecule is NC(=O)CC#Cc1ncc([N+](=O)[O-])s1. The van der Waals surface area contributed by atoms with E-state index in [1.807, 2.05) is 0 Å². The summed E-state index contributed by atoms with van der Waals surface area (Å²) in [5.74, 6) is 4.42. The molecule has 0 spiro atoms. The maximum absolute atomic E-state index is 10.3. The van der Waals surface area contributed by atoms with Gasteiger partial charge in [0.15, 0.2) is 5.01 Å². The molecule has 2 N–H and O–H groups in total. The largest absolute Gasteiger partial charge is 0.369 e. The summed E-state index contributed by atoms with van der Waals surface area (Å²) in [6, 6.07) is 0. The van der Waals surface area contributed by atoms with Crippen molar-refractivity contribution < 1.29 is 9.72 Å². The first kappa shape index (κ1) is 10.1. The molecule has 7 heteroatoms. The third kappa shape index (κ3) is 2.84. The first-order valence-electron chi connectivity index (χ1n) is 3.47. The lowest BCUT2D eigenvalue weighted by atomic mass is 10.4. The number of carbonyl (C=O) groups excluding carboxylic acids is 1. The fourth-order valence-electron chi connectivity index (χ4n) is 0.615. The number of hydrogen-bond donors (Lipinski definition) is 1. The zero-order valence-electron chi connectivity index (χ0n) is 6.89. The molecule has 0 aliphatic carbocycles. The lowest BCUT2D eigenvalue weighted by molar-refractivity contribution is -0.380. The van der Waals surface area contributed by atoms with Crippen LogP contribution in [0.2, 0.25) is 0 Å². The van der Waals surface area contributed by atoms with Crippen molar-refractivity contribution in [1.82, 2.24) is 4.98 Å². The lowest BCUT2D eigenvalue weighted by Gasteiger charge is -1.78. The minimum absolute atomic E-state index is 0.0756. The van der Waals surface area contributed by atoms with E-state index in [-0.39, 0.29) is 11.4 Å². The molecule has 6 nitrogen and oxygen atoms in total. The second-order valence-corrected chi connectivity index (χ2v) is 3.21. The number of nitrogens with zero attached hydrogens (tertiary/aromatic N) is 2. The first-order valence-corrected chi connectivity index (χ1v) is 4.28. The average Bonchev–Trinajstić information content (AvgIpc) is 2.52. The Kier molecular flexibility index (Phi) is 3.14. The van der Waals surface area contributed by atoms with E-state index in [0.29, 0.717) is 5.01 Å². The van der Waals surface area contributed by atoms with Crippen molar-refractivity contribution in [3.05, 3.63) is 21.3 Å². The van der Waals surface area contributed by atoms with Gasteiger partial charge in [-0.25, -0.2) is 4.98 Å². The van der Waals surface area contributed by atoms with Gasteiger partial charge in [-0.1, -0.05) is 5.92 Å². The van der Waals surface area contributed by atoms with Crippen LogP contribution in [0.5, 0.6) is 0 Å². The van der Waals surface area contributed by atoms with Gasteiger partial charge in [0.25, 0.3) is 0 Å². The predicted octanol–water partition coefficient (Wildman–Crippen LogP) is 0.278. The number of nitrogens with two attached hydrogens (primary N) is 1. The molecule has 0 unspecified atom stereocenters. The van der Waals surface area contributed by atoms with E-state index < -0.39 is 10.8 Å². The molecule has 1 amide bonds. The van der Waals surface area contributed by atoms with Gasteiger partial charge in [-0.15, -0.1) is 0 Å². The molecular formula is C7H5N3O3S. The van der Waals surface area contributed by atoms with Gasteiger partial charge in [0.2, 0.25) is 5.91 Å². The molecule has 1 aromatic heterocycles. The Morgan fingerprint density at radius 3 is 3.00 bits per heavy atom. The van der Waals surface area contributed by atoms with E-state index in [9.17, 15) is 14.9 Å². The van der Waals surface area contributed by atoms with Crippen LogP contribution in [-0.2, 0) is 4.79 Å². The molecule has 0 aliphatic rings. The van der Waals surface area contributed by atoms with Crippen LogP contribution in [0.3, 0.4) is 0 Å². The number of rotatable bonds is 2. The monoisotopic (exact) mass is 211 g/mol. The number of aromatic nitrogens is 1. The molecule has 1 heterocycles. The van der Waals surface area contributed by atoms with Gasteiger partial charge >= 0.3 is 5.00 Å². The highest BCUT2D eigenvalue weighted by atomic mass is 32.1. The quantitative estimate of drug-likeness (QED) is 0.431. The van der Waals surface area contributed by atoms with Crippen molar-refractivity contribution >= 4 is 22.2 Å². The van der Waals surface area contributed by atoms with E-state index in [4.69, 9.17) is 5.73 Å². The lowest BCUT2D eigenvalue weighted by Crippen LogP contribution is -2.08. The van der Waals surface area contributed by atoms with Gasteiger partial charge in [0.1, 0.15) is 6.20 Å². The molecule has 14 heavy (non-hydrogen) atoms. The van der Waals surface area contributed by atoms with Crippen molar-refractivity contribution in [1.29, 1.82) is 0 Å². The number of thiazole rings is 1. The minimum atomic E-state index is -0.545. The van der Waals surface area contributed by atoms with Crippen molar-refractivity contribution in [2.24, 2.45) is 5.73 Å². The molecule has 0 saturated heterocycles. The summed E-state index contributed by atoms with van der Waals surface area (Å²) >= 11 is 0.857. The normalized spacial score (nSPS) is 8.86. The second kappa shape index (κ2) is 4.34. The number of nitro groups is 1. The van der Waals surface area contributed by atoms with Crippen LogP contribution in [0.1, 0.15) is 11.4 Å². The summed E-state index contributed by atoms with van der Waals surface area (Å²) in [6.07, 6.45) is 1.05. The molecule has 0 atom stereocenters. The van der Waals surface area contributed by atoms with E-state index in [0.717, 1.165) is 17.5 Å². The average molecular weight is 211 g/mol. The van der Waals surface area contributed by atoms with Crippen LogP contribution < -0.4 is 5.73 Å². The molecular weight excluding hydrogens is 206 g/mol. The maximum Gasteiger partial charge on any atom is 0.344 e. The van der Waals surface area contributed by atoms with E-state index >= 15 is 0 Å². The summed E-state index contributed by atoms with van der Waals surface area (Å²) in [5, 5.41) is 10.5. The molecule has 0 aromatic carbocycles. The van der Waals surface area contributed by atoms with Crippen LogP contribution in [-0.4, -0.2) is 15.8 Å². The van der Waals surface area contributed by atoms with Crippen molar-refractivity contribution in [3.63, 3.8) is 0 Å². The Morgan fingerprint density at radius 2 is 2.50 bits per heavy atom. The zero-order valence-corrected chi connectivity index (χ0v) is 7.71. The van der Waals surface area contributed by atoms with Crippen LogP contribution >= 0.6 is 11.3 Å². The summed E-state index contributed by atoms with van der Waals surface area (Å²) < 4.78 is 0. The highest BCUT2D eigenvalue weighted by Gasteiger charge is 2.09. The summed E-state index contributed by atoms with van der Waals surface area (Å²) in [5.41, 5.74) is 4.84. The summed E-state index contributed by atoms with van der Waals surface area (Å²) in [7, 11) is 0. The number of hydrogen-bond acceptors (Lipinski definition) is 5. The summed E-state index contributed by atoms with van der Waals surface area (Å²) in [4.78, 5) is 23.7. The topological polar surface area (TPSA) is 99.1 Å². The third-order valence-corrected chi connectivity index (χ3v) is 2.00. The number of amides is 1. The number of primary amides is 1. The molecule has 0 aliphatic heterocycles. The molecule has 0 fully saturated rings. The molecule has 0 radical (unpaired) electrons. The Balaban J connectivity index is 2.71. The molecule has 1 rings (SSSR count). The van der Waals surface area contributed by atoms with Gasteiger partial charge in [-0.05, 0) is 17.3 Å². The molecule has 1 aromatic rings. The molecule has 0 bridgehead atoms. The van der Waals surface area contributed by atoms with E-state index in [1.165, 1.54) is 0 Å². The highest BCUT2D eigenvalue weighted by Crippen LogP contribution is 2.19. The first-order chi connectivity index (χ1) is 6.59. The standard InChI is InChI=1S/C7H5N3O3S/c8-5(11)2-1-3-6-9-4-7(14-6)10(12)13/h4H,2H2,(H2,8,11). The predicted molar refractivity (Wildman–Crippen MR) is 49.5 cm³/mol. The Labute approximate surface area is 82.9 Å². The Bertz CT molecular complexity index is 429. The van der Waals surface area contributed by atoms with Crippen LogP contribution in [0, 0.1) is 22.0 Å². The summed E-state index contributed by atoms with van der Waals surface area (Å²) in [6.45, 7) is 0. The fraction of sp³-hybridized carbons (Fsp3) is 0.143. The molecule has 0 saturated carbocycles. The highest BCUT2D eigenvalue weighted by molar-refractivity contribution is 7.15. The van der Waals surface area contributed by atoms with Crippen LogP contribution in [0.15, 0.2) is 6.20 Å². The van der Waals surface area contributed by atoms with Crippen molar-refractivity contribution in [2.75, 3.05) is 0 Å². The minimum Gasteiger partial charge on any atom is -0.369 e. The van der Waals surface area contributed by atoms with Crippen molar-refractivity contribution in [3.8, 4) is 11.8 Å². The van der Waals surface area contributed by atoms with Crippen LogP contribution in [0.25, 0.3) is 0 Å². The van der Waals surface area contributed by atoms with Gasteiger partial charge in [-0.3, -0.25) is 14.9 Å². The van der Waals surface area contributed by atoms with Gasteiger partial charge < -0.3 is 5.73 Å². The Hall–Kier alpha value is -1.94. The Morgan fingerprint density at radius 1 is 1.79 bits per heavy atom. The van der Waals surface area contributed by atoms with E-state index in [2.05, 4.69) is 16.8 Å². The third-order valence-electron chi connectivity index (χ3n) is 1.13. The molecule has 72 valence electrons. The second-order valence-electron chi connectivity index (χ2n) is 2.21. The maximum atomic E-state index is 10.3. The van der Waals surface area contributed by atoms with Gasteiger partial charge in [0.05, 0.1) is 11.3 Å². The van der Waals surface area contributed by atoms with Crippen LogP contribution in [0.4, 0.5) is 5.00 Å². The van der Waals surface area contributed by atoms with Gasteiger partial charge in [-0.2, -0.15) is 0 Å². The zero-order chi connectivity index (χ0) is 10.6. The van der Waals surface area contributed by atoms with E-state index in [1.54, 1.807) is 0 Å². The smallest absolute Gasteiger partial charge is 0.344 e. The van der Waals surface area contributed by atoms with Gasteiger partial charge in [0, 0.05) is 0 Å². The fourth-order valence-corrected chi connectivity index (χ4v) is 1.22. The number of carbonyl (C=O) groups is 1.